The first kappa shape index (κ1) is 13.6. The van der Waals surface area contributed by atoms with Gasteiger partial charge < -0.3 is 5.32 Å². The zero-order valence-corrected chi connectivity index (χ0v) is 12.2. The zero-order valence-electron chi connectivity index (χ0n) is 11.4. The fourth-order valence-electron chi connectivity index (χ4n) is 2.12. The van der Waals surface area contributed by atoms with Crippen molar-refractivity contribution in [1.29, 1.82) is 0 Å². The SMILES string of the molecule is Clc1ccc(CNc2ccccc2Cn2cncn2)cc1. The van der Waals surface area contributed by atoms with Crippen LogP contribution in [0.5, 0.6) is 0 Å². The quantitative estimate of drug-likeness (QED) is 0.783. The Morgan fingerprint density at radius 3 is 2.62 bits per heavy atom. The molecule has 0 amide bonds. The van der Waals surface area contributed by atoms with Crippen molar-refractivity contribution < 1.29 is 0 Å². The molecule has 106 valence electrons. The molecule has 0 fully saturated rings. The van der Waals surface area contributed by atoms with Crippen molar-refractivity contribution in [2.45, 2.75) is 13.1 Å². The summed E-state index contributed by atoms with van der Waals surface area (Å²) in [6.45, 7) is 1.45. The second-order valence-corrected chi connectivity index (χ2v) is 5.17. The molecular formula is C16H15ClN4. The van der Waals surface area contributed by atoms with Gasteiger partial charge in [0.2, 0.25) is 0 Å². The largest absolute Gasteiger partial charge is 0.381 e. The molecule has 1 N–H and O–H groups in total. The van der Waals surface area contributed by atoms with Crippen molar-refractivity contribution in [3.63, 3.8) is 0 Å². The van der Waals surface area contributed by atoms with Gasteiger partial charge in [0.1, 0.15) is 12.7 Å². The van der Waals surface area contributed by atoms with Crippen molar-refractivity contribution in [3.8, 4) is 0 Å². The molecule has 0 unspecified atom stereocenters. The van der Waals surface area contributed by atoms with Gasteiger partial charge in [0.15, 0.2) is 0 Å². The van der Waals surface area contributed by atoms with E-state index in [0.29, 0.717) is 6.54 Å². The van der Waals surface area contributed by atoms with Crippen LogP contribution in [0.4, 0.5) is 5.69 Å². The number of nitrogens with zero attached hydrogens (tertiary/aromatic N) is 3. The van der Waals surface area contributed by atoms with Crippen LogP contribution in [0.3, 0.4) is 0 Å². The van der Waals surface area contributed by atoms with Gasteiger partial charge in [0.05, 0.1) is 6.54 Å². The minimum absolute atomic E-state index is 0.698. The number of anilines is 1. The Labute approximate surface area is 128 Å². The molecule has 3 rings (SSSR count). The van der Waals surface area contributed by atoms with E-state index in [1.807, 2.05) is 41.1 Å². The highest BCUT2D eigenvalue weighted by Crippen LogP contribution is 2.18. The summed E-state index contributed by atoms with van der Waals surface area (Å²) in [6, 6.07) is 16.1. The summed E-state index contributed by atoms with van der Waals surface area (Å²) in [5.74, 6) is 0. The van der Waals surface area contributed by atoms with Crippen LogP contribution in [-0.2, 0) is 13.1 Å². The smallest absolute Gasteiger partial charge is 0.137 e. The molecule has 0 aliphatic carbocycles. The van der Waals surface area contributed by atoms with Crippen LogP contribution in [-0.4, -0.2) is 14.8 Å². The number of hydrogen-bond donors (Lipinski definition) is 1. The maximum absolute atomic E-state index is 5.90. The van der Waals surface area contributed by atoms with E-state index >= 15 is 0 Å². The summed E-state index contributed by atoms with van der Waals surface area (Å²) in [6.07, 6.45) is 3.26. The monoisotopic (exact) mass is 298 g/mol. The Bertz CT molecular complexity index is 693. The topological polar surface area (TPSA) is 42.7 Å². The van der Waals surface area contributed by atoms with E-state index in [0.717, 1.165) is 17.3 Å². The van der Waals surface area contributed by atoms with E-state index in [1.165, 1.54) is 11.1 Å². The second kappa shape index (κ2) is 6.41. The van der Waals surface area contributed by atoms with Gasteiger partial charge >= 0.3 is 0 Å². The lowest BCUT2D eigenvalue weighted by atomic mass is 10.1. The molecule has 21 heavy (non-hydrogen) atoms. The van der Waals surface area contributed by atoms with E-state index in [-0.39, 0.29) is 0 Å². The van der Waals surface area contributed by atoms with Crippen LogP contribution in [0.25, 0.3) is 0 Å². The van der Waals surface area contributed by atoms with E-state index in [9.17, 15) is 0 Å². The fourth-order valence-corrected chi connectivity index (χ4v) is 2.25. The average Bonchev–Trinajstić information content (AvgIpc) is 3.01. The fraction of sp³-hybridized carbons (Fsp3) is 0.125. The number of aromatic nitrogens is 3. The normalized spacial score (nSPS) is 10.5. The Morgan fingerprint density at radius 2 is 1.86 bits per heavy atom. The molecule has 4 nitrogen and oxygen atoms in total. The molecular weight excluding hydrogens is 284 g/mol. The van der Waals surface area contributed by atoms with Crippen molar-refractivity contribution >= 4 is 17.3 Å². The molecule has 0 aliphatic rings. The van der Waals surface area contributed by atoms with Crippen LogP contribution in [0, 0.1) is 0 Å². The van der Waals surface area contributed by atoms with E-state index in [1.54, 1.807) is 12.7 Å². The minimum Gasteiger partial charge on any atom is -0.381 e. The van der Waals surface area contributed by atoms with Gasteiger partial charge in [0.25, 0.3) is 0 Å². The highest BCUT2D eigenvalue weighted by molar-refractivity contribution is 6.30. The third kappa shape index (κ3) is 3.61. The van der Waals surface area contributed by atoms with Crippen molar-refractivity contribution in [2.75, 3.05) is 5.32 Å². The Hall–Kier alpha value is -2.33. The molecule has 0 atom stereocenters. The Morgan fingerprint density at radius 1 is 1.05 bits per heavy atom. The summed E-state index contributed by atoms with van der Waals surface area (Å²) in [7, 11) is 0. The molecule has 3 aromatic rings. The molecule has 0 bridgehead atoms. The first-order chi connectivity index (χ1) is 10.3. The van der Waals surface area contributed by atoms with E-state index in [2.05, 4.69) is 27.5 Å². The molecule has 2 aromatic carbocycles. The molecule has 1 aromatic heterocycles. The third-order valence-electron chi connectivity index (χ3n) is 3.21. The van der Waals surface area contributed by atoms with Crippen LogP contribution in [0.2, 0.25) is 5.02 Å². The predicted octanol–water partition coefficient (Wildman–Crippen LogP) is 3.59. The van der Waals surface area contributed by atoms with Gasteiger partial charge in [-0.2, -0.15) is 5.10 Å². The lowest BCUT2D eigenvalue weighted by Gasteiger charge is -2.12. The number of hydrogen-bond acceptors (Lipinski definition) is 3. The lowest BCUT2D eigenvalue weighted by molar-refractivity contribution is 0.685. The number of benzene rings is 2. The Balaban J connectivity index is 1.71. The summed E-state index contributed by atoms with van der Waals surface area (Å²) in [4.78, 5) is 3.97. The van der Waals surface area contributed by atoms with Crippen LogP contribution in [0.15, 0.2) is 61.2 Å². The summed E-state index contributed by atoms with van der Waals surface area (Å²) >= 11 is 5.90. The van der Waals surface area contributed by atoms with Crippen molar-refractivity contribution in [3.05, 3.63) is 77.3 Å². The average molecular weight is 299 g/mol. The predicted molar refractivity (Wildman–Crippen MR) is 84.3 cm³/mol. The molecule has 0 saturated heterocycles. The molecule has 1 heterocycles. The molecule has 5 heteroatoms. The van der Waals surface area contributed by atoms with Gasteiger partial charge in [-0.1, -0.05) is 41.9 Å². The first-order valence-corrected chi connectivity index (χ1v) is 7.08. The van der Waals surface area contributed by atoms with Crippen LogP contribution in [0.1, 0.15) is 11.1 Å². The Kier molecular flexibility index (Phi) is 4.17. The maximum atomic E-state index is 5.90. The van der Waals surface area contributed by atoms with Gasteiger partial charge in [-0.3, -0.25) is 0 Å². The van der Waals surface area contributed by atoms with E-state index in [4.69, 9.17) is 11.6 Å². The van der Waals surface area contributed by atoms with E-state index < -0.39 is 0 Å². The zero-order chi connectivity index (χ0) is 14.5. The summed E-state index contributed by atoms with van der Waals surface area (Å²) in [5, 5.41) is 8.36. The van der Waals surface area contributed by atoms with Gasteiger partial charge in [-0.05, 0) is 29.3 Å². The first-order valence-electron chi connectivity index (χ1n) is 6.70. The third-order valence-corrected chi connectivity index (χ3v) is 3.46. The summed E-state index contributed by atoms with van der Waals surface area (Å²) in [5.41, 5.74) is 3.47. The minimum atomic E-state index is 0.698. The second-order valence-electron chi connectivity index (χ2n) is 4.73. The van der Waals surface area contributed by atoms with Crippen molar-refractivity contribution in [1.82, 2.24) is 14.8 Å². The number of halogens is 1. The number of nitrogens with one attached hydrogen (secondary N) is 1. The standard InChI is InChI=1S/C16H15ClN4/c17-15-7-5-13(6-8-15)9-19-16-4-2-1-3-14(16)10-21-12-18-11-20-21/h1-8,11-12,19H,9-10H2. The molecule has 0 saturated carbocycles. The molecule has 0 radical (unpaired) electrons. The maximum Gasteiger partial charge on any atom is 0.137 e. The number of rotatable bonds is 5. The lowest BCUT2D eigenvalue weighted by Crippen LogP contribution is -2.06. The molecule has 0 aliphatic heterocycles. The molecule has 0 spiro atoms. The summed E-state index contributed by atoms with van der Waals surface area (Å²) < 4.78 is 1.81. The highest BCUT2D eigenvalue weighted by atomic mass is 35.5. The van der Waals surface area contributed by atoms with Gasteiger partial charge in [-0.15, -0.1) is 0 Å². The van der Waals surface area contributed by atoms with Gasteiger partial charge in [0, 0.05) is 17.3 Å². The number of para-hydroxylation sites is 1. The highest BCUT2D eigenvalue weighted by Gasteiger charge is 2.03. The van der Waals surface area contributed by atoms with Crippen LogP contribution >= 0.6 is 11.6 Å². The van der Waals surface area contributed by atoms with Crippen LogP contribution < -0.4 is 5.32 Å². The van der Waals surface area contributed by atoms with Gasteiger partial charge in [-0.25, -0.2) is 9.67 Å². The van der Waals surface area contributed by atoms with Crippen molar-refractivity contribution in [2.24, 2.45) is 0 Å².